The van der Waals surface area contributed by atoms with Gasteiger partial charge in [-0.1, -0.05) is 83.0 Å². The van der Waals surface area contributed by atoms with Crippen LogP contribution in [0.3, 0.4) is 0 Å². The molecule has 264 valence electrons. The smallest absolute Gasteiger partial charge is 0.255 e. The minimum Gasteiger partial charge on any atom is -0.492 e. The minimum atomic E-state index is -0.710. The molecular weight excluding hydrogens is 797 g/mol. The summed E-state index contributed by atoms with van der Waals surface area (Å²) >= 11 is 24.1. The lowest BCUT2D eigenvalue weighted by Gasteiger charge is -2.29. The van der Waals surface area contributed by atoms with Gasteiger partial charge in [-0.05, 0) is 90.3 Å². The fourth-order valence-corrected chi connectivity index (χ4v) is 7.68. The summed E-state index contributed by atoms with van der Waals surface area (Å²) in [6, 6.07) is 23.3. The summed E-state index contributed by atoms with van der Waals surface area (Å²) < 4.78 is 20.5. The molecule has 1 amide bonds. The Morgan fingerprint density at radius 3 is 2.43 bits per heavy atom. The molecule has 0 fully saturated rings. The fraction of sp³-hybridized carbons (Fsp3) is 0.216. The second kappa shape index (κ2) is 16.6. The molecule has 14 heteroatoms. The molecule has 0 radical (unpaired) electrons. The molecule has 4 aromatic carbocycles. The van der Waals surface area contributed by atoms with Gasteiger partial charge in [-0.15, -0.1) is 5.10 Å². The number of anilines is 2. The summed E-state index contributed by atoms with van der Waals surface area (Å²) in [5.41, 5.74) is 4.02. The molecular formula is C37H33BrCl3N5O4S. The molecule has 0 bridgehead atoms. The number of fused-ring (bicyclic) bond motifs is 1. The molecule has 0 spiro atoms. The second-order valence-electron chi connectivity index (χ2n) is 11.3. The molecule has 2 N–H and O–H groups in total. The summed E-state index contributed by atoms with van der Waals surface area (Å²) in [7, 11) is 0. The lowest BCUT2D eigenvalue weighted by atomic mass is 9.94. The quantitative estimate of drug-likeness (QED) is 0.113. The molecule has 1 aromatic heterocycles. The third kappa shape index (κ3) is 8.45. The normalized spacial score (nSPS) is 13.7. The van der Waals surface area contributed by atoms with Crippen molar-refractivity contribution in [3.05, 3.63) is 126 Å². The average molecular weight is 830 g/mol. The van der Waals surface area contributed by atoms with Crippen LogP contribution < -0.4 is 24.8 Å². The lowest BCUT2D eigenvalue weighted by Crippen LogP contribution is -2.31. The predicted molar refractivity (Wildman–Crippen MR) is 208 cm³/mol. The second-order valence-corrected chi connectivity index (χ2v) is 14.3. The molecule has 2 heterocycles. The highest BCUT2D eigenvalue weighted by molar-refractivity contribution is 9.10. The first-order valence-electron chi connectivity index (χ1n) is 16.0. The largest absolute Gasteiger partial charge is 0.492 e. The van der Waals surface area contributed by atoms with Gasteiger partial charge in [0.1, 0.15) is 18.4 Å². The number of carbonyl (C=O) groups excluding carboxylic acids is 1. The Kier molecular flexibility index (Phi) is 12.0. The molecule has 51 heavy (non-hydrogen) atoms. The van der Waals surface area contributed by atoms with Crippen LogP contribution in [0.25, 0.3) is 0 Å². The van der Waals surface area contributed by atoms with E-state index >= 15 is 0 Å². The van der Waals surface area contributed by atoms with Crippen LogP contribution in [0.4, 0.5) is 11.6 Å². The van der Waals surface area contributed by atoms with Crippen molar-refractivity contribution in [3.63, 3.8) is 0 Å². The van der Waals surface area contributed by atoms with Crippen LogP contribution >= 0.6 is 62.5 Å². The number of ether oxygens (including phenoxy) is 3. The van der Waals surface area contributed by atoms with Crippen LogP contribution in [0.1, 0.15) is 43.5 Å². The first-order valence-corrected chi connectivity index (χ1v) is 18.9. The zero-order valence-corrected chi connectivity index (χ0v) is 32.5. The van der Waals surface area contributed by atoms with Crippen molar-refractivity contribution in [2.45, 2.75) is 44.3 Å². The van der Waals surface area contributed by atoms with E-state index in [0.29, 0.717) is 89.4 Å². The maximum absolute atomic E-state index is 14.3. The predicted octanol–water partition coefficient (Wildman–Crippen LogP) is 10.6. The van der Waals surface area contributed by atoms with Crippen molar-refractivity contribution < 1.29 is 19.0 Å². The number of carbonyl (C=O) groups is 1. The van der Waals surface area contributed by atoms with Gasteiger partial charge in [0.2, 0.25) is 11.1 Å². The minimum absolute atomic E-state index is 0.173. The van der Waals surface area contributed by atoms with Crippen LogP contribution in [0, 0.1) is 0 Å². The summed E-state index contributed by atoms with van der Waals surface area (Å²) in [5, 5.41) is 13.5. The van der Waals surface area contributed by atoms with E-state index in [0.717, 1.165) is 11.1 Å². The van der Waals surface area contributed by atoms with Gasteiger partial charge in [-0.2, -0.15) is 4.98 Å². The summed E-state index contributed by atoms with van der Waals surface area (Å²) in [6.45, 7) is 6.62. The Morgan fingerprint density at radius 2 is 1.67 bits per heavy atom. The van der Waals surface area contributed by atoms with E-state index in [1.807, 2.05) is 81.4 Å². The molecule has 0 aliphatic carbocycles. The Hall–Kier alpha value is -3.87. The molecule has 6 rings (SSSR count). The number of hydrogen-bond donors (Lipinski definition) is 2. The number of nitrogens with one attached hydrogen (secondary N) is 2. The third-order valence-electron chi connectivity index (χ3n) is 7.86. The van der Waals surface area contributed by atoms with Gasteiger partial charge >= 0.3 is 0 Å². The van der Waals surface area contributed by atoms with E-state index < -0.39 is 6.04 Å². The summed E-state index contributed by atoms with van der Waals surface area (Å²) in [5.74, 6) is 2.22. The third-order valence-corrected chi connectivity index (χ3v) is 10.3. The van der Waals surface area contributed by atoms with Crippen LogP contribution in [-0.2, 0) is 17.2 Å². The van der Waals surface area contributed by atoms with Crippen LogP contribution in [-0.4, -0.2) is 33.9 Å². The number of halogens is 4. The van der Waals surface area contributed by atoms with Crippen LogP contribution in [0.15, 0.2) is 99.8 Å². The number of nitrogens with zero attached hydrogens (tertiary/aromatic N) is 3. The van der Waals surface area contributed by atoms with Crippen molar-refractivity contribution in [2.24, 2.45) is 0 Å². The van der Waals surface area contributed by atoms with Gasteiger partial charge in [-0.25, -0.2) is 4.68 Å². The van der Waals surface area contributed by atoms with Crippen molar-refractivity contribution in [1.29, 1.82) is 0 Å². The number of para-hydroxylation sites is 2. The number of allylic oxidation sites excluding steroid dienone is 1. The van der Waals surface area contributed by atoms with E-state index in [4.69, 9.17) is 59.1 Å². The van der Waals surface area contributed by atoms with Gasteiger partial charge in [-0.3, -0.25) is 4.79 Å². The zero-order valence-electron chi connectivity index (χ0n) is 27.8. The number of aromatic nitrogens is 3. The van der Waals surface area contributed by atoms with Crippen molar-refractivity contribution in [2.75, 3.05) is 23.8 Å². The highest BCUT2D eigenvalue weighted by atomic mass is 79.9. The molecule has 1 aliphatic rings. The summed E-state index contributed by atoms with van der Waals surface area (Å²) in [4.78, 5) is 19.1. The van der Waals surface area contributed by atoms with Gasteiger partial charge in [0, 0.05) is 32.1 Å². The lowest BCUT2D eigenvalue weighted by molar-refractivity contribution is -0.113. The Balaban J connectivity index is 1.40. The van der Waals surface area contributed by atoms with E-state index in [-0.39, 0.29) is 12.5 Å². The van der Waals surface area contributed by atoms with Crippen molar-refractivity contribution in [3.8, 4) is 17.2 Å². The molecule has 1 aliphatic heterocycles. The standard InChI is InChI=1S/C37H33BrCl3N5O4S/c1-4-48-30-13-9-8-12-29(30)43-35(47)32-21(3)42-36-44-37(51-20-23-10-6-7-11-27(23)40)45-46(36)33(32)24-16-26(38)34(31(17-24)49-5-2)50-19-22-14-15-25(39)18-28(22)41/h6-18,33H,4-5,19-20H2,1-3H3,(H,43,47)(H,42,44,45). The molecule has 9 nitrogen and oxygen atoms in total. The van der Waals surface area contributed by atoms with Crippen LogP contribution in [0.5, 0.6) is 17.2 Å². The Morgan fingerprint density at radius 1 is 0.922 bits per heavy atom. The molecule has 0 saturated heterocycles. The van der Waals surface area contributed by atoms with E-state index in [1.165, 1.54) is 11.8 Å². The van der Waals surface area contributed by atoms with E-state index in [1.54, 1.807) is 22.9 Å². The molecule has 1 atom stereocenters. The van der Waals surface area contributed by atoms with Crippen LogP contribution in [0.2, 0.25) is 15.1 Å². The van der Waals surface area contributed by atoms with E-state index in [2.05, 4.69) is 26.6 Å². The maximum Gasteiger partial charge on any atom is 0.255 e. The number of benzene rings is 4. The van der Waals surface area contributed by atoms with Crippen molar-refractivity contribution in [1.82, 2.24) is 14.8 Å². The zero-order chi connectivity index (χ0) is 36.1. The fourth-order valence-electron chi connectivity index (χ4n) is 5.53. The Labute approximate surface area is 323 Å². The van der Waals surface area contributed by atoms with Gasteiger partial charge in [0.25, 0.3) is 5.91 Å². The first-order chi connectivity index (χ1) is 24.7. The van der Waals surface area contributed by atoms with Gasteiger partial charge < -0.3 is 24.8 Å². The number of amides is 1. The maximum atomic E-state index is 14.3. The Bertz CT molecular complexity index is 2110. The molecule has 5 aromatic rings. The van der Waals surface area contributed by atoms with E-state index in [9.17, 15) is 4.79 Å². The highest BCUT2D eigenvalue weighted by Gasteiger charge is 2.36. The van der Waals surface area contributed by atoms with Crippen molar-refractivity contribution >= 4 is 80.0 Å². The number of thioether (sulfide) groups is 1. The van der Waals surface area contributed by atoms with Gasteiger partial charge in [0.15, 0.2) is 11.5 Å². The average Bonchev–Trinajstić information content (AvgIpc) is 3.51. The highest BCUT2D eigenvalue weighted by Crippen LogP contribution is 2.44. The number of hydrogen-bond acceptors (Lipinski definition) is 8. The first kappa shape index (κ1) is 36.9. The van der Waals surface area contributed by atoms with Gasteiger partial charge in [0.05, 0.1) is 28.9 Å². The topological polar surface area (TPSA) is 99.5 Å². The molecule has 1 unspecified atom stereocenters. The molecule has 0 saturated carbocycles. The monoisotopic (exact) mass is 827 g/mol. The SMILES string of the molecule is CCOc1ccccc1NC(=O)C1=C(C)Nc2nc(SCc3ccccc3Cl)nn2C1c1cc(Br)c(OCc2ccc(Cl)cc2Cl)c(OCC)c1. The number of rotatable bonds is 13. The summed E-state index contributed by atoms with van der Waals surface area (Å²) in [6.07, 6.45) is 0.